The number of aromatic amines is 1. The molecule has 1 aliphatic carbocycles. The fourth-order valence-electron chi connectivity index (χ4n) is 4.15. The number of fused-ring (bicyclic) bond motifs is 2. The van der Waals surface area contributed by atoms with Gasteiger partial charge in [0.2, 0.25) is 11.8 Å². The minimum Gasteiger partial charge on any atom is -0.351 e. The molecule has 0 bridgehead atoms. The van der Waals surface area contributed by atoms with Gasteiger partial charge in [-0.2, -0.15) is 5.10 Å². The Balaban J connectivity index is 1.50. The topological polar surface area (TPSA) is 78.1 Å². The monoisotopic (exact) mass is 352 g/mol. The average molecular weight is 352 g/mol. The standard InChI is InChI=1S/C20H24N4O2/c1-12-17-10-16(7-8-18(17)23-22-12)21-20(26)19-9-14-5-3-4-6-15(14)11-24(19)13(2)25/h3-6,16,19H,7-11H2,1-2H3,(H,21,26)(H,22,23). The summed E-state index contributed by atoms with van der Waals surface area (Å²) in [5.74, 6) is -0.111. The van der Waals surface area contributed by atoms with Crippen LogP contribution in [0.15, 0.2) is 24.3 Å². The van der Waals surface area contributed by atoms with E-state index in [1.165, 1.54) is 12.5 Å². The highest BCUT2D eigenvalue weighted by Gasteiger charge is 2.34. The summed E-state index contributed by atoms with van der Waals surface area (Å²) in [6.45, 7) is 4.06. The molecule has 0 radical (unpaired) electrons. The van der Waals surface area contributed by atoms with Gasteiger partial charge in [-0.15, -0.1) is 0 Å². The number of carbonyl (C=O) groups excluding carboxylic acids is 2. The molecule has 0 saturated heterocycles. The van der Waals surface area contributed by atoms with Crippen LogP contribution in [0.1, 0.15) is 41.4 Å². The van der Waals surface area contributed by atoms with Crippen molar-refractivity contribution < 1.29 is 9.59 Å². The fourth-order valence-corrected chi connectivity index (χ4v) is 4.15. The molecule has 0 fully saturated rings. The minimum atomic E-state index is -0.436. The lowest BCUT2D eigenvalue weighted by Crippen LogP contribution is -2.54. The van der Waals surface area contributed by atoms with Gasteiger partial charge in [-0.25, -0.2) is 0 Å². The zero-order valence-electron chi connectivity index (χ0n) is 15.2. The second kappa shape index (κ2) is 6.59. The molecule has 2 unspecified atom stereocenters. The average Bonchev–Trinajstić information content (AvgIpc) is 3.01. The number of amides is 2. The maximum Gasteiger partial charge on any atom is 0.243 e. The Hall–Kier alpha value is -2.63. The largest absolute Gasteiger partial charge is 0.351 e. The Kier molecular flexibility index (Phi) is 4.26. The highest BCUT2D eigenvalue weighted by Crippen LogP contribution is 2.25. The van der Waals surface area contributed by atoms with E-state index in [9.17, 15) is 9.59 Å². The summed E-state index contributed by atoms with van der Waals surface area (Å²) in [7, 11) is 0. The Labute approximate surface area is 153 Å². The molecule has 2 heterocycles. The second-order valence-electron chi connectivity index (χ2n) is 7.36. The number of carbonyl (C=O) groups is 2. The molecular formula is C20H24N4O2. The van der Waals surface area contributed by atoms with E-state index in [0.29, 0.717) is 13.0 Å². The normalized spacial score (nSPS) is 21.7. The van der Waals surface area contributed by atoms with Crippen molar-refractivity contribution in [1.82, 2.24) is 20.4 Å². The van der Waals surface area contributed by atoms with E-state index in [2.05, 4.69) is 21.6 Å². The molecule has 2 atom stereocenters. The number of nitrogens with one attached hydrogen (secondary N) is 2. The minimum absolute atomic E-state index is 0.0516. The third-order valence-corrected chi connectivity index (χ3v) is 5.64. The van der Waals surface area contributed by atoms with E-state index in [4.69, 9.17) is 0 Å². The molecular weight excluding hydrogens is 328 g/mol. The summed E-state index contributed by atoms with van der Waals surface area (Å²) in [5, 5.41) is 10.6. The van der Waals surface area contributed by atoms with Crippen molar-refractivity contribution >= 4 is 11.8 Å². The summed E-state index contributed by atoms with van der Waals surface area (Å²) in [6.07, 6.45) is 3.12. The molecule has 2 amide bonds. The van der Waals surface area contributed by atoms with Gasteiger partial charge in [0, 0.05) is 31.6 Å². The van der Waals surface area contributed by atoms with Crippen molar-refractivity contribution in [3.8, 4) is 0 Å². The van der Waals surface area contributed by atoms with Gasteiger partial charge in [0.1, 0.15) is 6.04 Å². The quantitative estimate of drug-likeness (QED) is 0.863. The molecule has 26 heavy (non-hydrogen) atoms. The Morgan fingerprint density at radius 1 is 1.23 bits per heavy atom. The summed E-state index contributed by atoms with van der Waals surface area (Å²) in [4.78, 5) is 26.8. The van der Waals surface area contributed by atoms with Crippen LogP contribution in [-0.2, 0) is 35.4 Å². The highest BCUT2D eigenvalue weighted by atomic mass is 16.2. The van der Waals surface area contributed by atoms with E-state index < -0.39 is 6.04 Å². The molecule has 2 aliphatic rings. The maximum absolute atomic E-state index is 13.0. The van der Waals surface area contributed by atoms with Crippen LogP contribution < -0.4 is 5.32 Å². The third-order valence-electron chi connectivity index (χ3n) is 5.64. The smallest absolute Gasteiger partial charge is 0.243 e. The predicted octanol–water partition coefficient (Wildman–Crippen LogP) is 1.67. The zero-order chi connectivity index (χ0) is 18.3. The van der Waals surface area contributed by atoms with Gasteiger partial charge in [0.25, 0.3) is 0 Å². The van der Waals surface area contributed by atoms with E-state index in [0.717, 1.165) is 41.8 Å². The lowest BCUT2D eigenvalue weighted by molar-refractivity contribution is -0.140. The van der Waals surface area contributed by atoms with Crippen LogP contribution >= 0.6 is 0 Å². The lowest BCUT2D eigenvalue weighted by atomic mass is 9.90. The van der Waals surface area contributed by atoms with Crippen LogP contribution in [0.3, 0.4) is 0 Å². The number of rotatable bonds is 2. The van der Waals surface area contributed by atoms with Crippen molar-refractivity contribution in [1.29, 1.82) is 0 Å². The van der Waals surface area contributed by atoms with Crippen LogP contribution in [0.5, 0.6) is 0 Å². The first-order valence-electron chi connectivity index (χ1n) is 9.20. The van der Waals surface area contributed by atoms with Crippen molar-refractivity contribution in [2.24, 2.45) is 0 Å². The molecule has 0 saturated carbocycles. The van der Waals surface area contributed by atoms with Crippen LogP contribution in [0.4, 0.5) is 0 Å². The van der Waals surface area contributed by atoms with Gasteiger partial charge in [0.05, 0.1) is 5.69 Å². The Morgan fingerprint density at radius 2 is 2.00 bits per heavy atom. The number of nitrogens with zero attached hydrogens (tertiary/aromatic N) is 2. The van der Waals surface area contributed by atoms with Crippen LogP contribution in [0.2, 0.25) is 0 Å². The molecule has 0 spiro atoms. The lowest BCUT2D eigenvalue weighted by Gasteiger charge is -2.36. The van der Waals surface area contributed by atoms with Crippen molar-refractivity contribution in [2.75, 3.05) is 0 Å². The molecule has 1 aromatic heterocycles. The first-order valence-corrected chi connectivity index (χ1v) is 9.20. The predicted molar refractivity (Wildman–Crippen MR) is 97.4 cm³/mol. The first kappa shape index (κ1) is 16.8. The zero-order valence-corrected chi connectivity index (χ0v) is 15.2. The summed E-state index contributed by atoms with van der Waals surface area (Å²) in [6, 6.07) is 7.70. The van der Waals surface area contributed by atoms with Crippen molar-refractivity contribution in [2.45, 2.75) is 58.2 Å². The first-order chi connectivity index (χ1) is 12.5. The van der Waals surface area contributed by atoms with Gasteiger partial charge < -0.3 is 10.2 Å². The van der Waals surface area contributed by atoms with Crippen LogP contribution in [0.25, 0.3) is 0 Å². The van der Waals surface area contributed by atoms with E-state index >= 15 is 0 Å². The molecule has 6 nitrogen and oxygen atoms in total. The summed E-state index contributed by atoms with van der Waals surface area (Å²) < 4.78 is 0. The Morgan fingerprint density at radius 3 is 2.77 bits per heavy atom. The number of benzene rings is 1. The number of aromatic nitrogens is 2. The molecule has 136 valence electrons. The SMILES string of the molecule is CC(=O)N1Cc2ccccc2CC1C(=O)NC1CCc2n[nH]c(C)c2C1. The number of aryl methyl sites for hydroxylation is 2. The fraction of sp³-hybridized carbons (Fsp3) is 0.450. The van der Waals surface area contributed by atoms with Gasteiger partial charge in [-0.05, 0) is 42.9 Å². The summed E-state index contributed by atoms with van der Waals surface area (Å²) in [5.41, 5.74) is 5.70. The molecule has 1 aromatic carbocycles. The van der Waals surface area contributed by atoms with Gasteiger partial charge in [-0.1, -0.05) is 24.3 Å². The molecule has 6 heteroatoms. The van der Waals surface area contributed by atoms with Crippen LogP contribution in [-0.4, -0.2) is 39.0 Å². The summed E-state index contributed by atoms with van der Waals surface area (Å²) >= 11 is 0. The molecule has 2 N–H and O–H groups in total. The van der Waals surface area contributed by atoms with E-state index in [-0.39, 0.29) is 17.9 Å². The van der Waals surface area contributed by atoms with Gasteiger partial charge >= 0.3 is 0 Å². The maximum atomic E-state index is 13.0. The number of H-pyrrole nitrogens is 1. The second-order valence-corrected chi connectivity index (χ2v) is 7.36. The van der Waals surface area contributed by atoms with Crippen LogP contribution in [0, 0.1) is 6.92 Å². The third kappa shape index (κ3) is 3.00. The molecule has 1 aliphatic heterocycles. The Bertz CT molecular complexity index is 857. The van der Waals surface area contributed by atoms with E-state index in [1.807, 2.05) is 25.1 Å². The highest BCUT2D eigenvalue weighted by molar-refractivity contribution is 5.88. The van der Waals surface area contributed by atoms with Gasteiger partial charge in [-0.3, -0.25) is 14.7 Å². The van der Waals surface area contributed by atoms with E-state index in [1.54, 1.807) is 4.90 Å². The number of hydrogen-bond donors (Lipinski definition) is 2. The number of hydrogen-bond acceptors (Lipinski definition) is 3. The van der Waals surface area contributed by atoms with Crippen molar-refractivity contribution in [3.05, 3.63) is 52.3 Å². The van der Waals surface area contributed by atoms with Crippen molar-refractivity contribution in [3.63, 3.8) is 0 Å². The van der Waals surface area contributed by atoms with Gasteiger partial charge in [0.15, 0.2) is 0 Å². The molecule has 4 rings (SSSR count). The molecule has 2 aromatic rings.